The van der Waals surface area contributed by atoms with E-state index in [0.717, 1.165) is 21.6 Å². The molecule has 0 aliphatic heterocycles. The molecule has 0 spiro atoms. The van der Waals surface area contributed by atoms with Gasteiger partial charge < -0.3 is 0 Å². The maximum atomic E-state index is 12.1. The van der Waals surface area contributed by atoms with E-state index in [9.17, 15) is 9.59 Å². The van der Waals surface area contributed by atoms with Crippen LogP contribution in [0.2, 0.25) is 5.02 Å². The second-order valence-electron chi connectivity index (χ2n) is 4.61. The number of benzene rings is 1. The van der Waals surface area contributed by atoms with Gasteiger partial charge in [0.2, 0.25) is 0 Å². The summed E-state index contributed by atoms with van der Waals surface area (Å²) in [5, 5.41) is 1.21. The third-order valence-corrected chi connectivity index (χ3v) is 4.66. The maximum absolute atomic E-state index is 12.1. The molecule has 0 saturated heterocycles. The zero-order chi connectivity index (χ0) is 14.4. The molecule has 102 valence electrons. The first kappa shape index (κ1) is 13.1. The molecule has 0 radical (unpaired) electrons. The Morgan fingerprint density at radius 3 is 2.60 bits per heavy atom. The lowest BCUT2D eigenvalue weighted by Gasteiger charge is -2.04. The molecule has 2 heterocycles. The predicted octanol–water partition coefficient (Wildman–Crippen LogP) is 3.22. The number of H-pyrrole nitrogens is 2. The van der Waals surface area contributed by atoms with Crippen molar-refractivity contribution in [2.24, 2.45) is 0 Å². The Morgan fingerprint density at radius 2 is 1.90 bits per heavy atom. The van der Waals surface area contributed by atoms with Gasteiger partial charge in [0.15, 0.2) is 0 Å². The third-order valence-electron chi connectivity index (χ3n) is 3.21. The summed E-state index contributed by atoms with van der Waals surface area (Å²) in [6.45, 7) is 3.85. The molecule has 0 atom stereocenters. The Hall–Kier alpha value is -1.85. The molecule has 0 bridgehead atoms. The van der Waals surface area contributed by atoms with Crippen molar-refractivity contribution < 1.29 is 0 Å². The number of fused-ring (bicyclic) bond motifs is 1. The van der Waals surface area contributed by atoms with Gasteiger partial charge in [-0.3, -0.25) is 14.8 Å². The zero-order valence-corrected chi connectivity index (χ0v) is 12.4. The third kappa shape index (κ3) is 1.99. The van der Waals surface area contributed by atoms with E-state index in [2.05, 4.69) is 9.97 Å². The van der Waals surface area contributed by atoms with Crippen LogP contribution in [0.4, 0.5) is 0 Å². The van der Waals surface area contributed by atoms with Crippen molar-refractivity contribution in [3.8, 4) is 11.1 Å². The number of aryl methyl sites for hydroxylation is 2. The normalized spacial score (nSPS) is 11.2. The fraction of sp³-hybridized carbons (Fsp3) is 0.143. The quantitative estimate of drug-likeness (QED) is 0.725. The minimum Gasteiger partial charge on any atom is -0.298 e. The number of halogens is 1. The van der Waals surface area contributed by atoms with Gasteiger partial charge in [-0.1, -0.05) is 17.7 Å². The van der Waals surface area contributed by atoms with E-state index >= 15 is 0 Å². The number of rotatable bonds is 1. The summed E-state index contributed by atoms with van der Waals surface area (Å²) in [5.41, 5.74) is 1.87. The highest BCUT2D eigenvalue weighted by Gasteiger charge is 2.15. The molecule has 2 N–H and O–H groups in total. The molecule has 0 aliphatic carbocycles. The Balaban J connectivity index is 2.41. The van der Waals surface area contributed by atoms with E-state index in [1.807, 2.05) is 32.0 Å². The number of hydrogen-bond donors (Lipinski definition) is 2. The molecule has 0 fully saturated rings. The number of hydrogen-bond acceptors (Lipinski definition) is 3. The average molecular weight is 307 g/mol. The second kappa shape index (κ2) is 4.61. The van der Waals surface area contributed by atoms with E-state index in [1.54, 1.807) is 0 Å². The number of nitrogens with one attached hydrogen (secondary N) is 2. The molecule has 0 saturated carbocycles. The minimum absolute atomic E-state index is 0.365. The van der Waals surface area contributed by atoms with E-state index in [0.29, 0.717) is 15.2 Å². The van der Waals surface area contributed by atoms with Crippen LogP contribution >= 0.6 is 22.9 Å². The van der Waals surface area contributed by atoms with Crippen molar-refractivity contribution in [3.63, 3.8) is 0 Å². The topological polar surface area (TPSA) is 65.7 Å². The van der Waals surface area contributed by atoms with Crippen molar-refractivity contribution in [3.05, 3.63) is 54.5 Å². The van der Waals surface area contributed by atoms with Crippen molar-refractivity contribution in [1.82, 2.24) is 9.97 Å². The van der Waals surface area contributed by atoms with Gasteiger partial charge in [0, 0.05) is 15.5 Å². The van der Waals surface area contributed by atoms with Crippen molar-refractivity contribution >= 4 is 33.2 Å². The first-order valence-corrected chi connectivity index (χ1v) is 7.19. The van der Waals surface area contributed by atoms with Gasteiger partial charge in [0.25, 0.3) is 5.56 Å². The highest BCUT2D eigenvalue weighted by atomic mass is 35.5. The summed E-state index contributed by atoms with van der Waals surface area (Å²) in [4.78, 5) is 29.9. The molecule has 0 amide bonds. The Morgan fingerprint density at radius 1 is 1.15 bits per heavy atom. The SMILES string of the molecule is Cc1cc(-c2c(C)sc3[nH]c(=O)[nH]c(=O)c23)ccc1Cl. The molecule has 3 aromatic rings. The summed E-state index contributed by atoms with van der Waals surface area (Å²) in [6, 6.07) is 5.64. The van der Waals surface area contributed by atoms with Crippen molar-refractivity contribution in [2.75, 3.05) is 0 Å². The van der Waals surface area contributed by atoms with E-state index in [4.69, 9.17) is 11.6 Å². The van der Waals surface area contributed by atoms with Gasteiger partial charge in [-0.2, -0.15) is 0 Å². The number of aromatic amines is 2. The van der Waals surface area contributed by atoms with Gasteiger partial charge >= 0.3 is 5.69 Å². The molecule has 1 aromatic carbocycles. The van der Waals surface area contributed by atoms with Gasteiger partial charge in [-0.05, 0) is 37.1 Å². The molecule has 0 unspecified atom stereocenters. The van der Waals surface area contributed by atoms with Gasteiger partial charge in [-0.15, -0.1) is 11.3 Å². The van der Waals surface area contributed by atoms with Crippen LogP contribution in [0.5, 0.6) is 0 Å². The zero-order valence-electron chi connectivity index (χ0n) is 10.8. The molecule has 4 nitrogen and oxygen atoms in total. The van der Waals surface area contributed by atoms with Crippen molar-refractivity contribution in [1.29, 1.82) is 0 Å². The number of aromatic nitrogens is 2. The molecule has 3 rings (SSSR count). The first-order chi connectivity index (χ1) is 9.47. The van der Waals surface area contributed by atoms with Gasteiger partial charge in [-0.25, -0.2) is 4.79 Å². The van der Waals surface area contributed by atoms with Gasteiger partial charge in [0.1, 0.15) is 4.83 Å². The van der Waals surface area contributed by atoms with Gasteiger partial charge in [0.05, 0.1) is 5.39 Å². The van der Waals surface area contributed by atoms with Crippen LogP contribution in [0.15, 0.2) is 27.8 Å². The Kier molecular flexibility index (Phi) is 3.03. The summed E-state index contributed by atoms with van der Waals surface area (Å²) >= 11 is 7.44. The summed E-state index contributed by atoms with van der Waals surface area (Å²) in [5.74, 6) is 0. The van der Waals surface area contributed by atoms with E-state index < -0.39 is 5.69 Å². The number of thiophene rings is 1. The fourth-order valence-electron chi connectivity index (χ4n) is 2.30. The molecule has 6 heteroatoms. The lowest BCUT2D eigenvalue weighted by molar-refractivity contribution is 1.09. The van der Waals surface area contributed by atoms with Crippen molar-refractivity contribution in [2.45, 2.75) is 13.8 Å². The van der Waals surface area contributed by atoms with E-state index in [1.165, 1.54) is 11.3 Å². The van der Waals surface area contributed by atoms with Crippen LogP contribution in [-0.2, 0) is 0 Å². The monoisotopic (exact) mass is 306 g/mol. The molecular weight excluding hydrogens is 296 g/mol. The smallest absolute Gasteiger partial charge is 0.298 e. The highest BCUT2D eigenvalue weighted by molar-refractivity contribution is 7.19. The lowest BCUT2D eigenvalue weighted by Crippen LogP contribution is -2.21. The minimum atomic E-state index is -0.484. The van der Waals surface area contributed by atoms with E-state index in [-0.39, 0.29) is 5.56 Å². The first-order valence-electron chi connectivity index (χ1n) is 5.99. The lowest BCUT2D eigenvalue weighted by atomic mass is 10.0. The average Bonchev–Trinajstić information content (AvgIpc) is 2.69. The van der Waals surface area contributed by atoms with Crippen LogP contribution < -0.4 is 11.2 Å². The summed E-state index contributed by atoms with van der Waals surface area (Å²) < 4.78 is 0. The fourth-order valence-corrected chi connectivity index (χ4v) is 3.48. The second-order valence-corrected chi connectivity index (χ2v) is 6.24. The standard InChI is InChI=1S/C14H11ClN2O2S/c1-6-5-8(3-4-9(6)15)10-7(2)20-13-11(10)12(18)16-14(19)17-13/h3-5H,1-2H3,(H2,16,17,18,19). The maximum Gasteiger partial charge on any atom is 0.326 e. The molecule has 0 aliphatic rings. The Labute approximate surface area is 123 Å². The molecular formula is C14H11ClN2O2S. The van der Waals surface area contributed by atoms with Crippen LogP contribution in [0.1, 0.15) is 10.4 Å². The Bertz CT molecular complexity index is 936. The summed E-state index contributed by atoms with van der Waals surface area (Å²) in [7, 11) is 0. The van der Waals surface area contributed by atoms with Crippen LogP contribution in [0.3, 0.4) is 0 Å². The molecule has 2 aromatic heterocycles. The summed E-state index contributed by atoms with van der Waals surface area (Å²) in [6.07, 6.45) is 0. The van der Waals surface area contributed by atoms with Crippen LogP contribution in [0.25, 0.3) is 21.3 Å². The van der Waals surface area contributed by atoms with Crippen LogP contribution in [0, 0.1) is 13.8 Å². The largest absolute Gasteiger partial charge is 0.326 e. The van der Waals surface area contributed by atoms with Crippen LogP contribution in [-0.4, -0.2) is 9.97 Å². The molecule has 20 heavy (non-hydrogen) atoms. The highest BCUT2D eigenvalue weighted by Crippen LogP contribution is 2.36. The predicted molar refractivity (Wildman–Crippen MR) is 83.0 cm³/mol.